The van der Waals surface area contributed by atoms with Gasteiger partial charge in [-0.05, 0) is 49.7 Å². The highest BCUT2D eigenvalue weighted by Crippen LogP contribution is 2.31. The minimum atomic E-state index is -4.38. The summed E-state index contributed by atoms with van der Waals surface area (Å²) in [5.41, 5.74) is 1.78. The number of aromatic nitrogens is 1. The van der Waals surface area contributed by atoms with E-state index in [9.17, 15) is 18.0 Å². The van der Waals surface area contributed by atoms with Crippen molar-refractivity contribution >= 4 is 16.9 Å². The number of carboxylic acid groups (broad SMARTS) is 1. The van der Waals surface area contributed by atoms with Gasteiger partial charge in [0.05, 0.1) is 11.1 Å². The summed E-state index contributed by atoms with van der Waals surface area (Å²) in [4.78, 5) is 11.2. The predicted octanol–water partition coefficient (Wildman–Crippen LogP) is 5.53. The van der Waals surface area contributed by atoms with E-state index in [1.54, 1.807) is 18.2 Å². The minimum Gasteiger partial charge on any atom is -0.478 e. The van der Waals surface area contributed by atoms with Gasteiger partial charge in [0.2, 0.25) is 0 Å². The molecule has 1 heterocycles. The number of halogens is 3. The lowest BCUT2D eigenvalue weighted by Gasteiger charge is -2.15. The largest absolute Gasteiger partial charge is 0.478 e. The molecule has 2 aromatic carbocycles. The van der Waals surface area contributed by atoms with E-state index < -0.39 is 17.7 Å². The van der Waals surface area contributed by atoms with Gasteiger partial charge in [-0.1, -0.05) is 18.2 Å². The molecule has 3 rings (SSSR count). The second-order valence-corrected chi connectivity index (χ2v) is 6.55. The fourth-order valence-corrected chi connectivity index (χ4v) is 3.24. The minimum absolute atomic E-state index is 0.0870. The maximum absolute atomic E-state index is 12.9. The fraction of sp³-hybridized carbons (Fsp3) is 0.250. The van der Waals surface area contributed by atoms with Crippen LogP contribution in [0.2, 0.25) is 0 Å². The van der Waals surface area contributed by atoms with Gasteiger partial charge in [-0.25, -0.2) is 4.79 Å². The van der Waals surface area contributed by atoms with Gasteiger partial charge in [0.25, 0.3) is 0 Å². The number of hydrogen-bond donors (Lipinski definition) is 1. The van der Waals surface area contributed by atoms with E-state index in [0.29, 0.717) is 12.0 Å². The number of rotatable bonds is 4. The summed E-state index contributed by atoms with van der Waals surface area (Å²) in [5.74, 6) is -1.01. The van der Waals surface area contributed by atoms with E-state index in [0.717, 1.165) is 28.7 Å². The van der Waals surface area contributed by atoms with Crippen LogP contribution in [0.25, 0.3) is 10.9 Å². The number of carbonyl (C=O) groups is 1. The van der Waals surface area contributed by atoms with Crippen molar-refractivity contribution in [2.24, 2.45) is 0 Å². The summed E-state index contributed by atoms with van der Waals surface area (Å²) in [6, 6.07) is 12.1. The maximum Gasteiger partial charge on any atom is 0.416 e. The molecule has 0 unspecified atom stereocenters. The van der Waals surface area contributed by atoms with Crippen LogP contribution in [0.3, 0.4) is 0 Å². The molecule has 0 amide bonds. The first-order valence-electron chi connectivity index (χ1n) is 8.20. The number of fused-ring (bicyclic) bond motifs is 1. The summed E-state index contributed by atoms with van der Waals surface area (Å²) >= 11 is 0. The number of aromatic carboxylic acids is 1. The second-order valence-electron chi connectivity index (χ2n) is 6.55. The zero-order valence-electron chi connectivity index (χ0n) is 14.3. The van der Waals surface area contributed by atoms with Gasteiger partial charge in [0.15, 0.2) is 0 Å². The Bertz CT molecular complexity index is 971. The normalized spacial score (nSPS) is 12.1. The number of alkyl halides is 3. The third-order valence-corrected chi connectivity index (χ3v) is 4.32. The number of carboxylic acids is 1. The molecule has 0 aliphatic carbocycles. The van der Waals surface area contributed by atoms with Crippen molar-refractivity contribution in [3.8, 4) is 0 Å². The molecule has 0 aliphatic heterocycles. The predicted molar refractivity (Wildman–Crippen MR) is 93.5 cm³/mol. The summed E-state index contributed by atoms with van der Waals surface area (Å²) in [6.07, 6.45) is -4.05. The van der Waals surface area contributed by atoms with Crippen molar-refractivity contribution in [3.05, 3.63) is 70.9 Å². The van der Waals surface area contributed by atoms with Gasteiger partial charge in [0.1, 0.15) is 0 Å². The lowest BCUT2D eigenvalue weighted by molar-refractivity contribution is -0.137. The molecule has 0 atom stereocenters. The molecule has 0 aliphatic rings. The van der Waals surface area contributed by atoms with Crippen LogP contribution in [0.5, 0.6) is 0 Å². The Labute approximate surface area is 148 Å². The van der Waals surface area contributed by atoms with Gasteiger partial charge < -0.3 is 9.67 Å². The quantitative estimate of drug-likeness (QED) is 0.664. The lowest BCUT2D eigenvalue weighted by atomic mass is 10.1. The highest BCUT2D eigenvalue weighted by molar-refractivity contribution is 5.94. The SMILES string of the molecule is CC(C)n1c(Cc2cccc(C(F)(F)F)c2)cc2cc(C(=O)O)ccc21. The molecule has 3 nitrogen and oxygen atoms in total. The Morgan fingerprint density at radius 1 is 1.12 bits per heavy atom. The Hall–Kier alpha value is -2.76. The van der Waals surface area contributed by atoms with Crippen molar-refractivity contribution < 1.29 is 23.1 Å². The molecule has 136 valence electrons. The van der Waals surface area contributed by atoms with Crippen molar-refractivity contribution in [3.63, 3.8) is 0 Å². The van der Waals surface area contributed by atoms with Crippen LogP contribution in [0.15, 0.2) is 48.5 Å². The molecule has 0 bridgehead atoms. The van der Waals surface area contributed by atoms with Crippen LogP contribution in [-0.4, -0.2) is 15.6 Å². The Morgan fingerprint density at radius 3 is 2.46 bits per heavy atom. The van der Waals surface area contributed by atoms with E-state index in [-0.39, 0.29) is 11.6 Å². The summed E-state index contributed by atoms with van der Waals surface area (Å²) in [5, 5.41) is 9.92. The molecule has 0 saturated carbocycles. The van der Waals surface area contributed by atoms with Gasteiger partial charge in [0, 0.05) is 29.1 Å². The molecule has 26 heavy (non-hydrogen) atoms. The molecule has 0 spiro atoms. The molecule has 6 heteroatoms. The first-order chi connectivity index (χ1) is 12.2. The summed E-state index contributed by atoms with van der Waals surface area (Å²) in [7, 11) is 0. The van der Waals surface area contributed by atoms with Crippen LogP contribution < -0.4 is 0 Å². The third kappa shape index (κ3) is 3.45. The molecular weight excluding hydrogens is 343 g/mol. The average molecular weight is 361 g/mol. The van der Waals surface area contributed by atoms with Crippen LogP contribution in [-0.2, 0) is 12.6 Å². The van der Waals surface area contributed by atoms with E-state index in [4.69, 9.17) is 5.11 Å². The topological polar surface area (TPSA) is 42.2 Å². The molecule has 1 N–H and O–H groups in total. The van der Waals surface area contributed by atoms with E-state index in [1.807, 2.05) is 24.5 Å². The van der Waals surface area contributed by atoms with Crippen LogP contribution in [0.4, 0.5) is 13.2 Å². The Balaban J connectivity index is 2.07. The highest BCUT2D eigenvalue weighted by Gasteiger charge is 2.30. The van der Waals surface area contributed by atoms with Crippen molar-refractivity contribution in [2.75, 3.05) is 0 Å². The zero-order chi connectivity index (χ0) is 19.1. The molecule has 0 saturated heterocycles. The van der Waals surface area contributed by atoms with E-state index >= 15 is 0 Å². The first-order valence-corrected chi connectivity index (χ1v) is 8.20. The Morgan fingerprint density at radius 2 is 1.85 bits per heavy atom. The first kappa shape index (κ1) is 18.0. The monoisotopic (exact) mass is 361 g/mol. The zero-order valence-corrected chi connectivity index (χ0v) is 14.3. The fourth-order valence-electron chi connectivity index (χ4n) is 3.24. The smallest absolute Gasteiger partial charge is 0.416 e. The third-order valence-electron chi connectivity index (χ3n) is 4.32. The number of hydrogen-bond acceptors (Lipinski definition) is 1. The van der Waals surface area contributed by atoms with Crippen LogP contribution in [0.1, 0.15) is 47.1 Å². The van der Waals surface area contributed by atoms with Gasteiger partial charge in [-0.2, -0.15) is 13.2 Å². The number of benzene rings is 2. The molecule has 3 aromatic rings. The summed E-state index contributed by atoms with van der Waals surface area (Å²) < 4.78 is 40.9. The van der Waals surface area contributed by atoms with Gasteiger partial charge in [-0.15, -0.1) is 0 Å². The highest BCUT2D eigenvalue weighted by atomic mass is 19.4. The second kappa shape index (κ2) is 6.52. The standard InChI is InChI=1S/C20H18F3NO2/c1-12(2)24-17(9-13-4-3-5-16(8-13)20(21,22)23)11-15-10-14(19(25)26)6-7-18(15)24/h3-8,10-12H,9H2,1-2H3,(H,25,26). The van der Waals surface area contributed by atoms with Gasteiger partial charge in [-0.3, -0.25) is 0 Å². The van der Waals surface area contributed by atoms with E-state index in [2.05, 4.69) is 0 Å². The average Bonchev–Trinajstić information content (AvgIpc) is 2.91. The van der Waals surface area contributed by atoms with Crippen LogP contribution >= 0.6 is 0 Å². The number of nitrogens with zero attached hydrogens (tertiary/aromatic N) is 1. The lowest BCUT2D eigenvalue weighted by Crippen LogP contribution is -2.08. The van der Waals surface area contributed by atoms with Crippen molar-refractivity contribution in [2.45, 2.75) is 32.5 Å². The molecule has 1 aromatic heterocycles. The van der Waals surface area contributed by atoms with E-state index in [1.165, 1.54) is 12.1 Å². The maximum atomic E-state index is 12.9. The van der Waals surface area contributed by atoms with Crippen LogP contribution in [0, 0.1) is 0 Å². The molecule has 0 fully saturated rings. The summed E-state index contributed by atoms with van der Waals surface area (Å²) in [6.45, 7) is 3.97. The van der Waals surface area contributed by atoms with Gasteiger partial charge >= 0.3 is 12.1 Å². The molecular formula is C20H18F3NO2. The van der Waals surface area contributed by atoms with Crippen molar-refractivity contribution in [1.82, 2.24) is 4.57 Å². The Kier molecular flexibility index (Phi) is 4.52. The van der Waals surface area contributed by atoms with Crippen molar-refractivity contribution in [1.29, 1.82) is 0 Å². The molecule has 0 radical (unpaired) electrons.